The first-order valence-electron chi connectivity index (χ1n) is 13.7. The van der Waals surface area contributed by atoms with Gasteiger partial charge >= 0.3 is 6.03 Å². The van der Waals surface area contributed by atoms with Crippen LogP contribution < -0.4 is 16.0 Å². The summed E-state index contributed by atoms with van der Waals surface area (Å²) in [6.45, 7) is 2.21. The first-order chi connectivity index (χ1) is 19.4. The van der Waals surface area contributed by atoms with Crippen LogP contribution in [0.1, 0.15) is 55.8 Å². The first kappa shape index (κ1) is 26.9. The van der Waals surface area contributed by atoms with Crippen molar-refractivity contribution in [3.8, 4) is 6.07 Å². The third-order valence-corrected chi connectivity index (χ3v) is 7.99. The van der Waals surface area contributed by atoms with Gasteiger partial charge in [-0.15, -0.1) is 0 Å². The lowest BCUT2D eigenvalue weighted by atomic mass is 9.71. The summed E-state index contributed by atoms with van der Waals surface area (Å²) < 4.78 is 0. The monoisotopic (exact) mass is 534 g/mol. The van der Waals surface area contributed by atoms with Crippen molar-refractivity contribution in [1.82, 2.24) is 20.6 Å². The zero-order valence-electron chi connectivity index (χ0n) is 22.7. The van der Waals surface area contributed by atoms with E-state index in [2.05, 4.69) is 32.0 Å². The van der Waals surface area contributed by atoms with Crippen molar-refractivity contribution in [2.24, 2.45) is 0 Å². The predicted octanol–water partition coefficient (Wildman–Crippen LogP) is 5.58. The molecule has 0 spiro atoms. The van der Waals surface area contributed by atoms with E-state index in [1.54, 1.807) is 31.2 Å². The number of H-pyrrole nitrogens is 1. The fourth-order valence-corrected chi connectivity index (χ4v) is 5.75. The van der Waals surface area contributed by atoms with Crippen molar-refractivity contribution < 1.29 is 9.59 Å². The smallest absolute Gasteiger partial charge is 0.320 e. The number of hydrogen-bond donors (Lipinski definition) is 4. The summed E-state index contributed by atoms with van der Waals surface area (Å²) in [6.07, 6.45) is 9.26. The number of carbonyl (C=O) groups excluding carboxylic acids is 2. The van der Waals surface area contributed by atoms with E-state index in [1.165, 1.54) is 6.42 Å². The Bertz CT molecular complexity index is 1520. The van der Waals surface area contributed by atoms with Gasteiger partial charge in [-0.2, -0.15) is 5.26 Å². The largest absolute Gasteiger partial charge is 0.361 e. The van der Waals surface area contributed by atoms with Crippen LogP contribution >= 0.6 is 0 Å². The molecule has 1 aliphatic carbocycles. The second-order valence-electron chi connectivity index (χ2n) is 10.9. The Morgan fingerprint density at radius 2 is 1.77 bits per heavy atom. The highest BCUT2D eigenvalue weighted by molar-refractivity contribution is 5.96. The van der Waals surface area contributed by atoms with Gasteiger partial charge in [0.2, 0.25) is 5.91 Å². The highest BCUT2D eigenvalue weighted by atomic mass is 16.2. The summed E-state index contributed by atoms with van der Waals surface area (Å²) in [5.41, 5.74) is 2.45. The van der Waals surface area contributed by atoms with Crippen molar-refractivity contribution >= 4 is 28.5 Å². The molecule has 0 bridgehead atoms. The number of rotatable bonds is 8. The van der Waals surface area contributed by atoms with Gasteiger partial charge in [0.15, 0.2) is 0 Å². The number of hydrogen-bond acceptors (Lipinski definition) is 4. The van der Waals surface area contributed by atoms with Gasteiger partial charge in [-0.3, -0.25) is 9.78 Å². The summed E-state index contributed by atoms with van der Waals surface area (Å²) >= 11 is 0. The minimum Gasteiger partial charge on any atom is -0.361 e. The SMILES string of the molecule is C[C@@](Cc1c[nH]c2ccccc12)(NC(=O)Nc1ccc(C#N)cc1)C(=O)NCC1(c2ccccn2)CCCCC1. The summed E-state index contributed by atoms with van der Waals surface area (Å²) in [5.74, 6) is -0.256. The molecule has 4 N–H and O–H groups in total. The third kappa shape index (κ3) is 5.84. The molecule has 1 atom stereocenters. The predicted molar refractivity (Wildman–Crippen MR) is 156 cm³/mol. The fourth-order valence-electron chi connectivity index (χ4n) is 5.75. The molecule has 2 heterocycles. The Balaban J connectivity index is 1.39. The number of anilines is 1. The molecular weight excluding hydrogens is 500 g/mol. The number of benzene rings is 2. The molecule has 1 fully saturated rings. The van der Waals surface area contributed by atoms with Gasteiger partial charge in [-0.1, -0.05) is 43.5 Å². The number of amides is 3. The zero-order valence-corrected chi connectivity index (χ0v) is 22.7. The maximum absolute atomic E-state index is 14.0. The van der Waals surface area contributed by atoms with Crippen LogP contribution in [-0.2, 0) is 16.6 Å². The van der Waals surface area contributed by atoms with Gasteiger partial charge in [0.25, 0.3) is 0 Å². The summed E-state index contributed by atoms with van der Waals surface area (Å²) in [5, 5.41) is 19.0. The normalized spacial score (nSPS) is 15.9. The molecule has 2 aromatic heterocycles. The van der Waals surface area contributed by atoms with E-state index in [0.29, 0.717) is 24.2 Å². The molecule has 4 aromatic rings. The van der Waals surface area contributed by atoms with Crippen LogP contribution in [0.3, 0.4) is 0 Å². The van der Waals surface area contributed by atoms with Gasteiger partial charge in [-0.25, -0.2) is 4.79 Å². The van der Waals surface area contributed by atoms with E-state index in [9.17, 15) is 9.59 Å². The lowest BCUT2D eigenvalue weighted by Gasteiger charge is -2.38. The van der Waals surface area contributed by atoms with Gasteiger partial charge in [0, 0.05) is 53.1 Å². The molecule has 8 nitrogen and oxygen atoms in total. The van der Waals surface area contributed by atoms with Gasteiger partial charge in [-0.05, 0) is 67.8 Å². The number of fused-ring (bicyclic) bond motifs is 1. The van der Waals surface area contributed by atoms with Gasteiger partial charge in [0.05, 0.1) is 11.6 Å². The molecule has 204 valence electrons. The Hall–Kier alpha value is -4.64. The second-order valence-corrected chi connectivity index (χ2v) is 10.9. The van der Waals surface area contributed by atoms with Crippen LogP contribution in [0.25, 0.3) is 10.9 Å². The number of nitrogens with one attached hydrogen (secondary N) is 4. The van der Waals surface area contributed by atoms with Crippen molar-refractivity contribution in [3.63, 3.8) is 0 Å². The molecule has 0 aliphatic heterocycles. The van der Waals surface area contributed by atoms with Crippen molar-refractivity contribution in [1.29, 1.82) is 5.26 Å². The van der Waals surface area contributed by atoms with Crippen LogP contribution in [0.5, 0.6) is 0 Å². The maximum atomic E-state index is 14.0. The molecule has 2 aromatic carbocycles. The molecule has 5 rings (SSSR count). The van der Waals surface area contributed by atoms with Crippen LogP contribution in [0.4, 0.5) is 10.5 Å². The topological polar surface area (TPSA) is 123 Å². The summed E-state index contributed by atoms with van der Waals surface area (Å²) in [6, 6.07) is 22.0. The molecule has 0 unspecified atom stereocenters. The number of nitrogens with zero attached hydrogens (tertiary/aromatic N) is 2. The van der Waals surface area contributed by atoms with Crippen LogP contribution in [-0.4, -0.2) is 34.0 Å². The Kier molecular flexibility index (Phi) is 7.83. The van der Waals surface area contributed by atoms with E-state index in [1.807, 2.05) is 54.9 Å². The number of nitriles is 1. The van der Waals surface area contributed by atoms with Gasteiger partial charge in [0.1, 0.15) is 5.54 Å². The number of aromatic nitrogens is 2. The number of para-hydroxylation sites is 1. The molecule has 3 amide bonds. The number of carbonyl (C=O) groups is 2. The van der Waals surface area contributed by atoms with Crippen molar-refractivity contribution in [2.75, 3.05) is 11.9 Å². The molecule has 0 saturated heterocycles. The Morgan fingerprint density at radius 1 is 1.02 bits per heavy atom. The molecular formula is C32H34N6O2. The number of pyridine rings is 1. The average molecular weight is 535 g/mol. The number of aromatic amines is 1. The molecule has 1 aliphatic rings. The standard InChI is InChI=1S/C32H34N6O2/c1-31(19-24-21-35-27-10-4-3-9-26(24)27,38-30(40)37-25-14-12-23(20-33)13-15-25)29(39)36-22-32(16-6-2-7-17-32)28-11-5-8-18-34-28/h3-5,8-15,18,21,35H,2,6-7,16-17,19,22H2,1H3,(H,36,39)(H2,37,38,40)/t31-/m0/s1. The molecule has 1 saturated carbocycles. The van der Waals surface area contributed by atoms with Crippen LogP contribution in [0.2, 0.25) is 0 Å². The summed E-state index contributed by atoms with van der Waals surface area (Å²) in [4.78, 5) is 35.1. The fraction of sp³-hybridized carbons (Fsp3) is 0.312. The van der Waals surface area contributed by atoms with Crippen molar-refractivity contribution in [3.05, 3.63) is 95.9 Å². The third-order valence-electron chi connectivity index (χ3n) is 7.99. The van der Waals surface area contributed by atoms with Gasteiger partial charge < -0.3 is 20.9 Å². The van der Waals surface area contributed by atoms with Crippen molar-refractivity contribution in [2.45, 2.75) is 56.4 Å². The zero-order chi connectivity index (χ0) is 28.0. The highest BCUT2D eigenvalue weighted by Crippen LogP contribution is 2.38. The molecule has 40 heavy (non-hydrogen) atoms. The van der Waals surface area contributed by atoms with E-state index < -0.39 is 11.6 Å². The highest BCUT2D eigenvalue weighted by Gasteiger charge is 2.40. The molecule has 8 heteroatoms. The first-order valence-corrected chi connectivity index (χ1v) is 13.7. The quantitative estimate of drug-likeness (QED) is 0.236. The lowest BCUT2D eigenvalue weighted by molar-refractivity contribution is -0.127. The van der Waals surface area contributed by atoms with E-state index in [0.717, 1.165) is 47.8 Å². The average Bonchev–Trinajstić information content (AvgIpc) is 3.39. The minimum atomic E-state index is -1.25. The van der Waals surface area contributed by atoms with Crippen LogP contribution in [0.15, 0.2) is 79.1 Å². The Morgan fingerprint density at radius 3 is 2.50 bits per heavy atom. The molecule has 0 radical (unpaired) electrons. The number of urea groups is 1. The van der Waals surface area contributed by atoms with E-state index in [4.69, 9.17) is 5.26 Å². The van der Waals surface area contributed by atoms with Crippen LogP contribution in [0, 0.1) is 11.3 Å². The van der Waals surface area contributed by atoms with E-state index >= 15 is 0 Å². The van der Waals surface area contributed by atoms with E-state index in [-0.39, 0.29) is 11.3 Å². The second kappa shape index (κ2) is 11.6. The minimum absolute atomic E-state index is 0.235. The lowest BCUT2D eigenvalue weighted by Crippen LogP contribution is -2.60. The summed E-state index contributed by atoms with van der Waals surface area (Å²) in [7, 11) is 0. The Labute approximate surface area is 234 Å². The maximum Gasteiger partial charge on any atom is 0.320 e.